The van der Waals surface area contributed by atoms with Gasteiger partial charge < -0.3 is 10.3 Å². The third-order valence-corrected chi connectivity index (χ3v) is 8.79. The Morgan fingerprint density at radius 3 is 2.69 bits per heavy atom. The maximum atomic E-state index is 13.1. The Kier molecular flexibility index (Phi) is 8.74. The molecule has 1 aromatic heterocycles. The van der Waals surface area contributed by atoms with Gasteiger partial charge in [0.2, 0.25) is 0 Å². The molecule has 0 spiro atoms. The summed E-state index contributed by atoms with van der Waals surface area (Å²) in [5.41, 5.74) is 3.63. The molecule has 0 radical (unpaired) electrons. The SMILES string of the molecule is CCCCC(C)CNC(=O)NS(=O)(=O)c1ccccc1-c1ccc(Cc2nc3c([nH]2)CCCS3)cc1. The molecule has 2 aromatic carbocycles. The van der Waals surface area contributed by atoms with Crippen molar-refractivity contribution >= 4 is 27.8 Å². The number of carbonyl (C=O) groups excluding carboxylic acids is 1. The van der Waals surface area contributed by atoms with E-state index in [1.54, 1.807) is 30.0 Å². The smallest absolute Gasteiger partial charge is 0.328 e. The van der Waals surface area contributed by atoms with Crippen molar-refractivity contribution in [1.82, 2.24) is 20.0 Å². The maximum absolute atomic E-state index is 13.1. The summed E-state index contributed by atoms with van der Waals surface area (Å²) in [6, 6.07) is 13.8. The zero-order valence-corrected chi connectivity index (χ0v) is 22.5. The molecule has 9 heteroatoms. The van der Waals surface area contributed by atoms with Gasteiger partial charge in [0.15, 0.2) is 0 Å². The fourth-order valence-corrected chi connectivity index (χ4v) is 6.45. The second-order valence-electron chi connectivity index (χ2n) is 9.35. The number of amides is 2. The number of carbonyl (C=O) groups is 1. The minimum atomic E-state index is -4.04. The van der Waals surface area contributed by atoms with Crippen LogP contribution in [-0.4, -0.2) is 36.7 Å². The molecule has 2 heterocycles. The molecule has 36 heavy (non-hydrogen) atoms. The molecular weight excluding hydrogens is 492 g/mol. The van der Waals surface area contributed by atoms with E-state index in [0.717, 1.165) is 53.4 Å². The number of urea groups is 1. The number of aromatic amines is 1. The fourth-order valence-electron chi connectivity index (χ4n) is 4.31. The van der Waals surface area contributed by atoms with Crippen LogP contribution in [0.4, 0.5) is 4.79 Å². The van der Waals surface area contributed by atoms with Gasteiger partial charge in [-0.15, -0.1) is 11.8 Å². The summed E-state index contributed by atoms with van der Waals surface area (Å²) >= 11 is 1.80. The first kappa shape index (κ1) is 26.3. The lowest BCUT2D eigenvalue weighted by Crippen LogP contribution is -2.41. The van der Waals surface area contributed by atoms with Gasteiger partial charge in [-0.05, 0) is 48.1 Å². The molecule has 1 atom stereocenters. The van der Waals surface area contributed by atoms with Gasteiger partial charge in [-0.25, -0.2) is 22.9 Å². The Morgan fingerprint density at radius 1 is 1.17 bits per heavy atom. The van der Waals surface area contributed by atoms with E-state index in [9.17, 15) is 13.2 Å². The summed E-state index contributed by atoms with van der Waals surface area (Å²) in [6.45, 7) is 4.60. The van der Waals surface area contributed by atoms with Crippen molar-refractivity contribution in [2.24, 2.45) is 5.92 Å². The van der Waals surface area contributed by atoms with E-state index in [1.165, 1.54) is 18.2 Å². The van der Waals surface area contributed by atoms with Crippen LogP contribution in [0.3, 0.4) is 0 Å². The quantitative estimate of drug-likeness (QED) is 0.323. The van der Waals surface area contributed by atoms with Gasteiger partial charge in [0.05, 0.1) is 4.90 Å². The summed E-state index contributed by atoms with van der Waals surface area (Å²) in [7, 11) is -4.04. The van der Waals surface area contributed by atoms with Gasteiger partial charge in [-0.2, -0.15) is 0 Å². The Bertz CT molecular complexity index is 1260. The molecule has 1 aliphatic rings. The van der Waals surface area contributed by atoms with Gasteiger partial charge in [0.25, 0.3) is 10.0 Å². The third kappa shape index (κ3) is 6.70. The van der Waals surface area contributed by atoms with Crippen molar-refractivity contribution in [3.8, 4) is 11.1 Å². The van der Waals surface area contributed by atoms with Gasteiger partial charge in [-0.1, -0.05) is 69.2 Å². The fraction of sp³-hybridized carbons (Fsp3) is 0.407. The summed E-state index contributed by atoms with van der Waals surface area (Å²) in [4.78, 5) is 20.6. The van der Waals surface area contributed by atoms with E-state index in [2.05, 4.69) is 21.9 Å². The predicted octanol–water partition coefficient (Wildman–Crippen LogP) is 5.52. The average Bonchev–Trinajstić information content (AvgIpc) is 3.29. The molecule has 0 bridgehead atoms. The lowest BCUT2D eigenvalue weighted by atomic mass is 10.0. The maximum Gasteiger partial charge on any atom is 0.328 e. The van der Waals surface area contributed by atoms with Crippen LogP contribution >= 0.6 is 11.8 Å². The van der Waals surface area contributed by atoms with Crippen molar-refractivity contribution in [3.63, 3.8) is 0 Å². The molecule has 0 saturated heterocycles. The van der Waals surface area contributed by atoms with E-state index in [-0.39, 0.29) is 10.8 Å². The number of nitrogens with one attached hydrogen (secondary N) is 3. The number of benzene rings is 2. The minimum Gasteiger partial charge on any atom is -0.345 e. The molecule has 0 fully saturated rings. The number of rotatable bonds is 10. The number of sulfonamides is 1. The van der Waals surface area contributed by atoms with Gasteiger partial charge >= 0.3 is 6.03 Å². The summed E-state index contributed by atoms with van der Waals surface area (Å²) in [6.07, 6.45) is 6.06. The highest BCUT2D eigenvalue weighted by atomic mass is 32.2. The number of thioether (sulfide) groups is 1. The molecule has 1 aliphatic heterocycles. The van der Waals surface area contributed by atoms with Crippen LogP contribution in [0.15, 0.2) is 58.5 Å². The van der Waals surface area contributed by atoms with Gasteiger partial charge in [-0.3, -0.25) is 0 Å². The Hall–Kier alpha value is -2.78. The normalized spacial score (nSPS) is 14.2. The van der Waals surface area contributed by atoms with Crippen molar-refractivity contribution in [2.75, 3.05) is 12.3 Å². The minimum absolute atomic E-state index is 0.0719. The van der Waals surface area contributed by atoms with Crippen molar-refractivity contribution in [3.05, 3.63) is 65.6 Å². The lowest BCUT2D eigenvalue weighted by molar-refractivity contribution is 0.244. The first-order chi connectivity index (χ1) is 17.4. The van der Waals surface area contributed by atoms with Crippen LogP contribution in [0.2, 0.25) is 0 Å². The van der Waals surface area contributed by atoms with Crippen LogP contribution in [0.1, 0.15) is 56.6 Å². The molecule has 0 aliphatic carbocycles. The molecule has 3 N–H and O–H groups in total. The monoisotopic (exact) mass is 526 g/mol. The number of hydrogen-bond acceptors (Lipinski definition) is 5. The average molecular weight is 527 g/mol. The van der Waals surface area contributed by atoms with E-state index in [0.29, 0.717) is 18.5 Å². The molecule has 1 unspecified atom stereocenters. The van der Waals surface area contributed by atoms with Crippen molar-refractivity contribution in [2.45, 2.75) is 62.3 Å². The number of H-pyrrole nitrogens is 1. The third-order valence-electron chi connectivity index (χ3n) is 6.30. The lowest BCUT2D eigenvalue weighted by Gasteiger charge is -2.15. The summed E-state index contributed by atoms with van der Waals surface area (Å²) < 4.78 is 28.3. The predicted molar refractivity (Wildman–Crippen MR) is 145 cm³/mol. The van der Waals surface area contributed by atoms with Gasteiger partial charge in [0, 0.05) is 24.2 Å². The summed E-state index contributed by atoms with van der Waals surface area (Å²) in [5.74, 6) is 2.35. The molecule has 7 nitrogen and oxygen atoms in total. The Balaban J connectivity index is 1.44. The topological polar surface area (TPSA) is 104 Å². The molecular formula is C27H34N4O3S2. The zero-order valence-electron chi connectivity index (χ0n) is 20.8. The number of fused-ring (bicyclic) bond motifs is 1. The highest BCUT2D eigenvalue weighted by molar-refractivity contribution is 7.99. The molecule has 192 valence electrons. The van der Waals surface area contributed by atoms with E-state index in [4.69, 9.17) is 4.98 Å². The summed E-state index contributed by atoms with van der Waals surface area (Å²) in [5, 5.41) is 3.80. The second kappa shape index (κ2) is 12.0. The molecule has 4 rings (SSSR count). The highest BCUT2D eigenvalue weighted by Crippen LogP contribution is 2.30. The molecule has 3 aromatic rings. The van der Waals surface area contributed by atoms with Crippen LogP contribution < -0.4 is 10.0 Å². The zero-order chi connectivity index (χ0) is 25.5. The largest absolute Gasteiger partial charge is 0.345 e. The van der Waals surface area contributed by atoms with E-state index in [1.807, 2.05) is 31.2 Å². The molecule has 2 amide bonds. The Labute approximate surface area is 217 Å². The highest BCUT2D eigenvalue weighted by Gasteiger charge is 2.22. The van der Waals surface area contributed by atoms with Crippen LogP contribution in [0.25, 0.3) is 11.1 Å². The van der Waals surface area contributed by atoms with Crippen LogP contribution in [0.5, 0.6) is 0 Å². The van der Waals surface area contributed by atoms with Crippen LogP contribution in [0, 0.1) is 5.92 Å². The Morgan fingerprint density at radius 2 is 1.94 bits per heavy atom. The molecule has 0 saturated carbocycles. The van der Waals surface area contributed by atoms with E-state index >= 15 is 0 Å². The number of unbranched alkanes of at least 4 members (excludes halogenated alkanes) is 1. The van der Waals surface area contributed by atoms with Gasteiger partial charge in [0.1, 0.15) is 10.9 Å². The number of aryl methyl sites for hydroxylation is 1. The van der Waals surface area contributed by atoms with Crippen LogP contribution in [-0.2, 0) is 22.9 Å². The number of nitrogens with zero attached hydrogens (tertiary/aromatic N) is 1. The standard InChI is InChI=1S/C27H34N4O3S2/c1-3-4-8-19(2)18-28-27(32)31-36(33,34)24-11-6-5-9-22(24)21-14-12-20(13-15-21)17-25-29-23-10-7-16-35-26(23)30-25/h5-6,9,11-15,19H,3-4,7-8,10,16-18H2,1-2H3,(H,29,30)(H2,28,31,32). The van der Waals surface area contributed by atoms with E-state index < -0.39 is 16.1 Å². The van der Waals surface area contributed by atoms with Crippen molar-refractivity contribution < 1.29 is 13.2 Å². The first-order valence-electron chi connectivity index (χ1n) is 12.5. The number of aromatic nitrogens is 2. The number of imidazole rings is 1. The number of hydrogen-bond donors (Lipinski definition) is 3. The van der Waals surface area contributed by atoms with Crippen molar-refractivity contribution in [1.29, 1.82) is 0 Å². The first-order valence-corrected chi connectivity index (χ1v) is 15.0. The second-order valence-corrected chi connectivity index (χ2v) is 12.1.